The van der Waals surface area contributed by atoms with Gasteiger partial charge in [0.1, 0.15) is 17.4 Å². The lowest BCUT2D eigenvalue weighted by molar-refractivity contribution is -0.146. The van der Waals surface area contributed by atoms with Crippen LogP contribution >= 0.6 is 0 Å². The predicted octanol–water partition coefficient (Wildman–Crippen LogP) is 7.12. The number of hydrogen-bond donors (Lipinski definition) is 2. The van der Waals surface area contributed by atoms with E-state index >= 15 is 0 Å². The van der Waals surface area contributed by atoms with Crippen LogP contribution in [0.25, 0.3) is 22.3 Å². The van der Waals surface area contributed by atoms with Crippen LogP contribution in [0.5, 0.6) is 5.75 Å². The second-order valence-electron chi connectivity index (χ2n) is 16.0. The van der Waals surface area contributed by atoms with Gasteiger partial charge >= 0.3 is 12.1 Å². The van der Waals surface area contributed by atoms with Gasteiger partial charge < -0.3 is 24.5 Å². The maximum absolute atomic E-state index is 14.8. The molecule has 3 aromatic rings. The molecule has 0 radical (unpaired) electrons. The molecule has 15 heteroatoms. The summed E-state index contributed by atoms with van der Waals surface area (Å²) in [7, 11) is 0. The molecule has 5 atom stereocenters. The van der Waals surface area contributed by atoms with Gasteiger partial charge in [-0.15, -0.1) is 0 Å². The first-order chi connectivity index (χ1) is 25.2. The van der Waals surface area contributed by atoms with Gasteiger partial charge in [0.05, 0.1) is 24.8 Å². The maximum Gasteiger partial charge on any atom is 0.434 e. The number of carboxylic acid groups (broad SMARTS) is 1. The van der Waals surface area contributed by atoms with E-state index in [1.165, 1.54) is 0 Å². The minimum atomic E-state index is -5.08. The summed E-state index contributed by atoms with van der Waals surface area (Å²) in [6, 6.07) is 5.34. The van der Waals surface area contributed by atoms with E-state index < -0.39 is 46.7 Å². The molecule has 286 valence electrons. The van der Waals surface area contributed by atoms with Crippen LogP contribution in [0.15, 0.2) is 30.6 Å². The van der Waals surface area contributed by atoms with Crippen molar-refractivity contribution in [3.8, 4) is 17.1 Å². The highest BCUT2D eigenvalue weighted by Gasteiger charge is 2.56. The summed E-state index contributed by atoms with van der Waals surface area (Å²) >= 11 is 0. The van der Waals surface area contributed by atoms with Gasteiger partial charge in [-0.1, -0.05) is 6.92 Å². The van der Waals surface area contributed by atoms with Crippen molar-refractivity contribution in [2.24, 2.45) is 17.8 Å². The number of carbonyl (C=O) groups is 2. The quantitative estimate of drug-likeness (QED) is 0.234. The summed E-state index contributed by atoms with van der Waals surface area (Å²) in [5, 5.41) is 13.3. The fourth-order valence-corrected chi connectivity index (χ4v) is 9.68. The number of likely N-dealkylation sites (tertiary alicyclic amines) is 1. The molecule has 1 amide bonds. The Morgan fingerprint density at radius 3 is 2.55 bits per heavy atom. The third-order valence-electron chi connectivity index (χ3n) is 12.3. The SMILES string of the molecule is CC1CC2CC(C1)C(NC(=O)c1cnc(-c3cn(C4CCC(F)(F)CC4)c4ccc(OC5CCCN(C6COC6)C5)cc34)nc1C(F)(F)F)(C(=O)O)C2. The highest BCUT2D eigenvalue weighted by Crippen LogP contribution is 2.51. The molecule has 5 unspecified atom stereocenters. The molecule has 5 aliphatic rings. The fraction of sp³-hybridized carbons (Fsp3) is 0.632. The Kier molecular flexibility index (Phi) is 9.18. The van der Waals surface area contributed by atoms with Gasteiger partial charge in [-0.2, -0.15) is 13.2 Å². The molecule has 3 saturated carbocycles. The molecule has 2 bridgehead atoms. The third-order valence-corrected chi connectivity index (χ3v) is 12.3. The minimum Gasteiger partial charge on any atom is -0.489 e. The zero-order valence-corrected chi connectivity index (χ0v) is 29.5. The van der Waals surface area contributed by atoms with Gasteiger partial charge in [0, 0.05) is 54.3 Å². The van der Waals surface area contributed by atoms with Gasteiger partial charge in [-0.3, -0.25) is 9.69 Å². The first kappa shape index (κ1) is 36.1. The first-order valence-corrected chi connectivity index (χ1v) is 18.7. The second-order valence-corrected chi connectivity index (χ2v) is 16.0. The molecule has 3 aliphatic carbocycles. The van der Waals surface area contributed by atoms with Gasteiger partial charge in [0.2, 0.25) is 5.92 Å². The molecule has 8 rings (SSSR count). The van der Waals surface area contributed by atoms with Gasteiger partial charge in [-0.05, 0) is 93.9 Å². The molecule has 10 nitrogen and oxygen atoms in total. The number of hydrogen-bond acceptors (Lipinski definition) is 7. The summed E-state index contributed by atoms with van der Waals surface area (Å²) in [5.74, 6) is -5.14. The average molecular weight is 746 g/mol. The lowest BCUT2D eigenvalue weighted by atomic mass is 9.78. The number of carboxylic acids is 1. The minimum absolute atomic E-state index is 0.0526. The molecular weight excluding hydrogens is 701 g/mol. The average Bonchev–Trinajstić information content (AvgIpc) is 3.57. The molecule has 2 aromatic heterocycles. The maximum atomic E-state index is 14.8. The number of nitrogens with one attached hydrogen (secondary N) is 1. The Morgan fingerprint density at radius 2 is 1.85 bits per heavy atom. The van der Waals surface area contributed by atoms with Gasteiger partial charge in [0.25, 0.3) is 5.91 Å². The number of amides is 1. The van der Waals surface area contributed by atoms with Crippen LogP contribution in [-0.4, -0.2) is 86.3 Å². The molecule has 0 spiro atoms. The number of alkyl halides is 5. The molecule has 53 heavy (non-hydrogen) atoms. The van der Waals surface area contributed by atoms with Crippen molar-refractivity contribution in [3.63, 3.8) is 0 Å². The lowest BCUT2D eigenvalue weighted by Crippen LogP contribution is -2.57. The van der Waals surface area contributed by atoms with Crippen molar-refractivity contribution in [1.29, 1.82) is 0 Å². The van der Waals surface area contributed by atoms with Crippen LogP contribution in [0.1, 0.15) is 93.2 Å². The van der Waals surface area contributed by atoms with Crippen molar-refractivity contribution in [3.05, 3.63) is 41.9 Å². The number of nitrogens with zero attached hydrogens (tertiary/aromatic N) is 4. The summed E-state index contributed by atoms with van der Waals surface area (Å²) in [4.78, 5) is 36.8. The monoisotopic (exact) mass is 745 g/mol. The molecule has 1 aromatic carbocycles. The van der Waals surface area contributed by atoms with Crippen LogP contribution < -0.4 is 10.1 Å². The zero-order valence-electron chi connectivity index (χ0n) is 29.5. The molecule has 4 heterocycles. The summed E-state index contributed by atoms with van der Waals surface area (Å²) in [5.41, 5.74) is -3.18. The number of carbonyl (C=O) groups excluding carboxylic acids is 1. The summed E-state index contributed by atoms with van der Waals surface area (Å²) in [6.45, 7) is 5.04. The number of ether oxygens (including phenoxy) is 2. The second kappa shape index (κ2) is 13.5. The number of benzene rings is 1. The van der Waals surface area contributed by atoms with Gasteiger partial charge in [-0.25, -0.2) is 23.5 Å². The van der Waals surface area contributed by atoms with E-state index in [1.54, 1.807) is 24.4 Å². The Bertz CT molecular complexity index is 1890. The number of halogens is 5. The molecule has 2 aliphatic heterocycles. The van der Waals surface area contributed by atoms with E-state index in [0.29, 0.717) is 55.3 Å². The van der Waals surface area contributed by atoms with Crippen LogP contribution in [0, 0.1) is 17.8 Å². The van der Waals surface area contributed by atoms with Crippen molar-refractivity contribution in [2.75, 3.05) is 26.3 Å². The normalized spacial score (nSPS) is 29.5. The topological polar surface area (TPSA) is 119 Å². The Morgan fingerprint density at radius 1 is 1.08 bits per heavy atom. The number of fused-ring (bicyclic) bond motifs is 3. The lowest BCUT2D eigenvalue weighted by Gasteiger charge is -2.41. The van der Waals surface area contributed by atoms with E-state index in [-0.39, 0.29) is 67.5 Å². The largest absolute Gasteiger partial charge is 0.489 e. The van der Waals surface area contributed by atoms with Crippen molar-refractivity contribution >= 4 is 22.8 Å². The van der Waals surface area contributed by atoms with Crippen LogP contribution in [0.3, 0.4) is 0 Å². The fourth-order valence-electron chi connectivity index (χ4n) is 9.68. The van der Waals surface area contributed by atoms with E-state index in [0.717, 1.165) is 32.0 Å². The Labute approximate surface area is 303 Å². The van der Waals surface area contributed by atoms with Crippen molar-refractivity contribution in [1.82, 2.24) is 24.8 Å². The molecule has 2 N–H and O–H groups in total. The molecular formula is C38H44F5N5O5. The number of rotatable bonds is 8. The Balaban J connectivity index is 1.15. The zero-order chi connectivity index (χ0) is 37.3. The van der Waals surface area contributed by atoms with E-state index in [9.17, 15) is 36.6 Å². The van der Waals surface area contributed by atoms with E-state index in [2.05, 4.69) is 20.2 Å². The van der Waals surface area contributed by atoms with Crippen molar-refractivity contribution in [2.45, 2.75) is 107 Å². The predicted molar refractivity (Wildman–Crippen MR) is 183 cm³/mol. The Hall–Kier alpha value is -3.85. The van der Waals surface area contributed by atoms with Crippen LogP contribution in [0.4, 0.5) is 22.0 Å². The highest BCUT2D eigenvalue weighted by molar-refractivity contribution is 6.00. The number of aromatic nitrogens is 3. The molecule has 5 fully saturated rings. The third kappa shape index (κ3) is 6.87. The standard InChI is InChI=1S/C38H44F5N5O5/c1-21-11-22-13-23(12-21)37(15-22,35(50)51)46-34(49)29-16-44-33(45-32(29)38(41,42)43)30-18-48(24-6-8-36(39,40)9-7-24)31-5-4-26(14-28(30)31)53-27-3-2-10-47(17-27)25-19-52-20-25/h4-5,14,16,18,21-25,27H,2-3,6-13,15,17,19-20H2,1H3,(H,46,49)(H,50,51). The van der Waals surface area contributed by atoms with Gasteiger partial charge in [0.15, 0.2) is 11.5 Å². The highest BCUT2D eigenvalue weighted by atomic mass is 19.4. The number of piperidine rings is 1. The summed E-state index contributed by atoms with van der Waals surface area (Å²) < 4.78 is 86.2. The van der Waals surface area contributed by atoms with Crippen LogP contribution in [0.2, 0.25) is 0 Å². The van der Waals surface area contributed by atoms with Crippen molar-refractivity contribution < 1.29 is 46.1 Å². The summed E-state index contributed by atoms with van der Waals surface area (Å²) in [6.07, 6.45) is 0.807. The smallest absolute Gasteiger partial charge is 0.434 e. The number of aliphatic carboxylic acids is 1. The van der Waals surface area contributed by atoms with Crippen LogP contribution in [-0.2, 0) is 15.7 Å². The molecule has 2 saturated heterocycles. The first-order valence-electron chi connectivity index (χ1n) is 18.7. The van der Waals surface area contributed by atoms with E-state index in [4.69, 9.17) is 9.47 Å². The van der Waals surface area contributed by atoms with E-state index in [1.807, 2.05) is 11.5 Å².